The smallest absolute Gasteiger partial charge is 0.133 e. The average molecular weight is 239 g/mol. The summed E-state index contributed by atoms with van der Waals surface area (Å²) in [6, 6.07) is 2.27. The molecule has 3 heteroatoms. The standard InChI is InChI=1S/C14H19F2N/c1-9-7-8-11(15)12(13(9)16)14(17)10-5-3-2-4-6-10/h7-8,10,14H,2-6,17H2,1H3. The molecule has 94 valence electrons. The van der Waals surface area contributed by atoms with Gasteiger partial charge in [-0.1, -0.05) is 25.3 Å². The molecule has 2 N–H and O–H groups in total. The third kappa shape index (κ3) is 2.49. The number of aryl methyl sites for hydroxylation is 1. The summed E-state index contributed by atoms with van der Waals surface area (Å²) in [5.74, 6) is -0.760. The van der Waals surface area contributed by atoms with Crippen LogP contribution in [0.3, 0.4) is 0 Å². The molecule has 1 atom stereocenters. The monoisotopic (exact) mass is 239 g/mol. The Morgan fingerprint density at radius 2 is 1.82 bits per heavy atom. The molecule has 1 nitrogen and oxygen atoms in total. The highest BCUT2D eigenvalue weighted by Crippen LogP contribution is 2.35. The van der Waals surface area contributed by atoms with E-state index in [1.165, 1.54) is 18.6 Å². The maximum atomic E-state index is 13.9. The van der Waals surface area contributed by atoms with E-state index in [4.69, 9.17) is 5.73 Å². The van der Waals surface area contributed by atoms with Gasteiger partial charge in [0.25, 0.3) is 0 Å². The molecule has 2 rings (SSSR count). The van der Waals surface area contributed by atoms with Crippen LogP contribution in [-0.2, 0) is 0 Å². The van der Waals surface area contributed by atoms with Crippen LogP contribution in [0, 0.1) is 24.5 Å². The first-order valence-corrected chi connectivity index (χ1v) is 6.31. The van der Waals surface area contributed by atoms with E-state index in [0.717, 1.165) is 25.7 Å². The zero-order valence-electron chi connectivity index (χ0n) is 10.2. The first kappa shape index (κ1) is 12.5. The van der Waals surface area contributed by atoms with E-state index in [0.29, 0.717) is 5.56 Å². The molecule has 0 aromatic heterocycles. The number of hydrogen-bond donors (Lipinski definition) is 1. The van der Waals surface area contributed by atoms with E-state index < -0.39 is 17.7 Å². The zero-order valence-corrected chi connectivity index (χ0v) is 10.2. The molecule has 0 amide bonds. The molecule has 0 aliphatic heterocycles. The van der Waals surface area contributed by atoms with Crippen molar-refractivity contribution in [3.05, 3.63) is 34.9 Å². The minimum Gasteiger partial charge on any atom is -0.324 e. The van der Waals surface area contributed by atoms with Gasteiger partial charge in [0.05, 0.1) is 0 Å². The van der Waals surface area contributed by atoms with Crippen LogP contribution in [0.15, 0.2) is 12.1 Å². The molecule has 0 bridgehead atoms. The number of rotatable bonds is 2. The Bertz CT molecular complexity index is 397. The second-order valence-electron chi connectivity index (χ2n) is 5.02. The molecule has 1 aliphatic carbocycles. The molecule has 1 saturated carbocycles. The van der Waals surface area contributed by atoms with Gasteiger partial charge in [-0.15, -0.1) is 0 Å². The second kappa shape index (κ2) is 5.13. The largest absolute Gasteiger partial charge is 0.324 e. The number of hydrogen-bond acceptors (Lipinski definition) is 1. The summed E-state index contributed by atoms with van der Waals surface area (Å²) < 4.78 is 27.7. The second-order valence-corrected chi connectivity index (χ2v) is 5.02. The van der Waals surface area contributed by atoms with Crippen LogP contribution < -0.4 is 5.73 Å². The fourth-order valence-electron chi connectivity index (χ4n) is 2.71. The van der Waals surface area contributed by atoms with Crippen molar-refractivity contribution in [3.8, 4) is 0 Å². The Labute approximate surface area is 101 Å². The van der Waals surface area contributed by atoms with E-state index in [9.17, 15) is 8.78 Å². The minimum absolute atomic E-state index is 0.0805. The molecule has 0 saturated heterocycles. The predicted octanol–water partition coefficient (Wildman–Crippen LogP) is 3.85. The minimum atomic E-state index is -0.508. The SMILES string of the molecule is Cc1ccc(F)c(C(N)C2CCCCC2)c1F. The van der Waals surface area contributed by atoms with Gasteiger partial charge in [-0.25, -0.2) is 8.78 Å². The molecule has 17 heavy (non-hydrogen) atoms. The topological polar surface area (TPSA) is 26.0 Å². The van der Waals surface area contributed by atoms with Crippen LogP contribution in [0.25, 0.3) is 0 Å². The van der Waals surface area contributed by atoms with Gasteiger partial charge in [0, 0.05) is 11.6 Å². The van der Waals surface area contributed by atoms with Crippen molar-refractivity contribution in [2.45, 2.75) is 45.1 Å². The van der Waals surface area contributed by atoms with Crippen molar-refractivity contribution < 1.29 is 8.78 Å². The first-order valence-electron chi connectivity index (χ1n) is 6.31. The van der Waals surface area contributed by atoms with E-state index >= 15 is 0 Å². The number of halogens is 2. The third-order valence-electron chi connectivity index (χ3n) is 3.81. The molecule has 1 unspecified atom stereocenters. The van der Waals surface area contributed by atoms with Crippen molar-refractivity contribution in [1.82, 2.24) is 0 Å². The van der Waals surface area contributed by atoms with Gasteiger partial charge < -0.3 is 5.73 Å². The van der Waals surface area contributed by atoms with E-state index in [-0.39, 0.29) is 11.5 Å². The molecule has 0 spiro atoms. The Morgan fingerprint density at radius 1 is 1.18 bits per heavy atom. The Kier molecular flexibility index (Phi) is 3.77. The average Bonchev–Trinajstić information content (AvgIpc) is 2.35. The summed E-state index contributed by atoms with van der Waals surface area (Å²) >= 11 is 0. The van der Waals surface area contributed by atoms with Crippen LogP contribution >= 0.6 is 0 Å². The van der Waals surface area contributed by atoms with Crippen LogP contribution in [-0.4, -0.2) is 0 Å². The molecule has 1 fully saturated rings. The number of nitrogens with two attached hydrogens (primary N) is 1. The van der Waals surface area contributed by atoms with Crippen molar-refractivity contribution >= 4 is 0 Å². The highest BCUT2D eigenvalue weighted by atomic mass is 19.1. The van der Waals surface area contributed by atoms with E-state index in [1.807, 2.05) is 0 Å². The number of benzene rings is 1. The van der Waals surface area contributed by atoms with Gasteiger partial charge in [0.15, 0.2) is 0 Å². The van der Waals surface area contributed by atoms with Crippen molar-refractivity contribution in [1.29, 1.82) is 0 Å². The summed E-state index contributed by atoms with van der Waals surface area (Å²) in [6.45, 7) is 1.64. The lowest BCUT2D eigenvalue weighted by molar-refractivity contribution is 0.298. The lowest BCUT2D eigenvalue weighted by Crippen LogP contribution is -2.25. The summed E-state index contributed by atoms with van der Waals surface area (Å²) in [4.78, 5) is 0. The van der Waals surface area contributed by atoms with Gasteiger partial charge in [0.1, 0.15) is 11.6 Å². The lowest BCUT2D eigenvalue weighted by Gasteiger charge is -2.28. The molecule has 0 radical (unpaired) electrons. The fraction of sp³-hybridized carbons (Fsp3) is 0.571. The van der Waals surface area contributed by atoms with E-state index in [2.05, 4.69) is 0 Å². The Hall–Kier alpha value is -0.960. The van der Waals surface area contributed by atoms with Crippen molar-refractivity contribution in [3.63, 3.8) is 0 Å². The van der Waals surface area contributed by atoms with Gasteiger partial charge in [-0.2, -0.15) is 0 Å². The van der Waals surface area contributed by atoms with Gasteiger partial charge in [0.2, 0.25) is 0 Å². The third-order valence-corrected chi connectivity index (χ3v) is 3.81. The van der Waals surface area contributed by atoms with Gasteiger partial charge >= 0.3 is 0 Å². The Morgan fingerprint density at radius 3 is 2.47 bits per heavy atom. The van der Waals surface area contributed by atoms with Crippen molar-refractivity contribution in [2.24, 2.45) is 11.7 Å². The summed E-state index contributed by atoms with van der Waals surface area (Å²) in [7, 11) is 0. The van der Waals surface area contributed by atoms with Crippen LogP contribution in [0.2, 0.25) is 0 Å². The highest BCUT2D eigenvalue weighted by Gasteiger charge is 2.27. The van der Waals surface area contributed by atoms with Crippen LogP contribution in [0.4, 0.5) is 8.78 Å². The van der Waals surface area contributed by atoms with E-state index in [1.54, 1.807) is 6.92 Å². The Balaban J connectivity index is 2.29. The van der Waals surface area contributed by atoms with Crippen LogP contribution in [0.5, 0.6) is 0 Å². The van der Waals surface area contributed by atoms with Gasteiger partial charge in [-0.3, -0.25) is 0 Å². The molecule has 0 heterocycles. The summed E-state index contributed by atoms with van der Waals surface area (Å²) in [6.07, 6.45) is 5.41. The molecule has 1 aromatic carbocycles. The quantitative estimate of drug-likeness (QED) is 0.833. The molecular formula is C14H19F2N. The highest BCUT2D eigenvalue weighted by molar-refractivity contribution is 5.29. The van der Waals surface area contributed by atoms with Crippen molar-refractivity contribution in [2.75, 3.05) is 0 Å². The van der Waals surface area contributed by atoms with Crippen LogP contribution in [0.1, 0.15) is 49.3 Å². The maximum Gasteiger partial charge on any atom is 0.133 e. The fourth-order valence-corrected chi connectivity index (χ4v) is 2.71. The molecular weight excluding hydrogens is 220 g/mol. The normalized spacial score (nSPS) is 19.3. The molecule has 1 aliphatic rings. The summed E-state index contributed by atoms with van der Waals surface area (Å²) in [5.41, 5.74) is 6.61. The lowest BCUT2D eigenvalue weighted by atomic mass is 9.81. The molecule has 1 aromatic rings. The first-order chi connectivity index (χ1) is 8.11. The maximum absolute atomic E-state index is 13.9. The van der Waals surface area contributed by atoms with Gasteiger partial charge in [-0.05, 0) is 37.3 Å². The summed E-state index contributed by atoms with van der Waals surface area (Å²) in [5, 5.41) is 0. The zero-order chi connectivity index (χ0) is 12.4. The predicted molar refractivity (Wildman–Crippen MR) is 64.6 cm³/mol.